The second-order valence-corrected chi connectivity index (χ2v) is 10.4. The molecule has 2 N–H and O–H groups in total. The first-order valence-corrected chi connectivity index (χ1v) is 13.3. The van der Waals surface area contributed by atoms with E-state index < -0.39 is 41.7 Å². The average molecular weight is 629 g/mol. The number of carbonyl (C=O) groups excluding carboxylic acids is 1. The van der Waals surface area contributed by atoms with Gasteiger partial charge in [0.15, 0.2) is 17.2 Å². The second-order valence-electron chi connectivity index (χ2n) is 10.4. The molecule has 0 bridgehead atoms. The van der Waals surface area contributed by atoms with Crippen LogP contribution in [-0.2, 0) is 38.6 Å². The highest BCUT2D eigenvalue weighted by atomic mass is 19.4. The van der Waals surface area contributed by atoms with Crippen LogP contribution < -0.4 is 5.32 Å². The zero-order valence-electron chi connectivity index (χ0n) is 23.2. The number of pyridine rings is 2. The summed E-state index contributed by atoms with van der Waals surface area (Å²) in [5, 5.41) is 9.36. The van der Waals surface area contributed by atoms with Gasteiger partial charge in [-0.05, 0) is 53.8 Å². The highest BCUT2D eigenvalue weighted by Crippen LogP contribution is 2.44. The van der Waals surface area contributed by atoms with Crippen molar-refractivity contribution in [3.63, 3.8) is 0 Å². The quantitative estimate of drug-likeness (QED) is 0.368. The zero-order valence-corrected chi connectivity index (χ0v) is 23.2. The van der Waals surface area contributed by atoms with Gasteiger partial charge in [-0.1, -0.05) is 12.1 Å². The fourth-order valence-corrected chi connectivity index (χ4v) is 5.34. The number of nitrogens with zero attached hydrogens (tertiary/aromatic N) is 3. The third kappa shape index (κ3) is 6.83. The number of likely N-dealkylation sites (tertiary alicyclic amines) is 1. The highest BCUT2D eigenvalue weighted by Gasteiger charge is 2.47. The van der Waals surface area contributed by atoms with Crippen molar-refractivity contribution in [2.45, 2.75) is 56.7 Å². The Kier molecular flexibility index (Phi) is 9.59. The van der Waals surface area contributed by atoms with Crippen molar-refractivity contribution >= 4 is 11.9 Å². The maximum atomic E-state index is 14.5. The van der Waals surface area contributed by atoms with E-state index in [-0.39, 0.29) is 16.9 Å². The fraction of sp³-hybridized carbons (Fsp3) is 0.379. The first kappa shape index (κ1) is 32.8. The Morgan fingerprint density at radius 1 is 1.07 bits per heavy atom. The van der Waals surface area contributed by atoms with Gasteiger partial charge in [0.2, 0.25) is 5.91 Å². The van der Waals surface area contributed by atoms with Gasteiger partial charge in [0, 0.05) is 50.7 Å². The van der Waals surface area contributed by atoms with Crippen LogP contribution in [0.4, 0.5) is 30.7 Å². The highest BCUT2D eigenvalue weighted by molar-refractivity contribution is 5.75. The first-order valence-electron chi connectivity index (χ1n) is 13.3. The van der Waals surface area contributed by atoms with Gasteiger partial charge in [-0.3, -0.25) is 19.7 Å². The number of nitrogens with one attached hydrogen (secondary N) is 1. The third-order valence-corrected chi connectivity index (χ3v) is 7.52. The van der Waals surface area contributed by atoms with Crippen LogP contribution in [0.15, 0.2) is 55.0 Å². The molecular formula is C29H27F7N4O4. The van der Waals surface area contributed by atoms with Gasteiger partial charge in [-0.2, -0.15) is 13.2 Å². The molecule has 236 valence electrons. The van der Waals surface area contributed by atoms with E-state index in [1.54, 1.807) is 12.3 Å². The number of piperidine rings is 1. The van der Waals surface area contributed by atoms with Crippen molar-refractivity contribution in [1.29, 1.82) is 0 Å². The normalized spacial score (nSPS) is 17.4. The number of carboxylic acid groups (broad SMARTS) is 1. The summed E-state index contributed by atoms with van der Waals surface area (Å²) in [5.74, 6) is -5.99. The number of fused-ring (bicyclic) bond motifs is 2. The molecule has 1 amide bonds. The van der Waals surface area contributed by atoms with Crippen LogP contribution in [0, 0.1) is 11.6 Å². The summed E-state index contributed by atoms with van der Waals surface area (Å²) >= 11 is 0. The van der Waals surface area contributed by atoms with Crippen molar-refractivity contribution in [2.24, 2.45) is 0 Å². The van der Waals surface area contributed by atoms with E-state index in [0.717, 1.165) is 56.1 Å². The molecule has 0 radical (unpaired) electrons. The van der Waals surface area contributed by atoms with E-state index in [1.807, 2.05) is 12.3 Å². The Labute approximate surface area is 246 Å². The van der Waals surface area contributed by atoms with Crippen LogP contribution in [0.3, 0.4) is 0 Å². The summed E-state index contributed by atoms with van der Waals surface area (Å²) in [6.07, 6.45) is -1.51. The summed E-state index contributed by atoms with van der Waals surface area (Å²) in [7, 11) is 0. The summed E-state index contributed by atoms with van der Waals surface area (Å²) < 4.78 is 94.5. The van der Waals surface area contributed by atoms with Gasteiger partial charge >= 0.3 is 12.1 Å². The van der Waals surface area contributed by atoms with E-state index in [0.29, 0.717) is 19.2 Å². The van der Waals surface area contributed by atoms with Crippen LogP contribution in [0.5, 0.6) is 0 Å². The molecule has 2 aliphatic rings. The number of amides is 1. The second kappa shape index (κ2) is 12.9. The SMILES string of the molecule is CC(=O)N[C@@](c1ccc(F)c(F)c1)(c1ccc(CN2CCC3(CC2)OCc2ccncc23)cn1)C(F)F.O=C(O)C(F)(F)F. The number of halogens is 7. The molecule has 1 spiro atoms. The lowest BCUT2D eigenvalue weighted by Crippen LogP contribution is -2.52. The summed E-state index contributed by atoms with van der Waals surface area (Å²) in [4.78, 5) is 31.6. The lowest BCUT2D eigenvalue weighted by molar-refractivity contribution is -0.192. The molecule has 3 aromatic rings. The number of aliphatic carboxylic acids is 1. The Bertz CT molecular complexity index is 1500. The molecule has 1 atom stereocenters. The largest absolute Gasteiger partial charge is 0.490 e. The molecule has 5 rings (SSSR count). The zero-order chi connectivity index (χ0) is 32.3. The molecule has 0 unspecified atom stereocenters. The molecule has 1 saturated heterocycles. The van der Waals surface area contributed by atoms with Crippen molar-refractivity contribution in [1.82, 2.24) is 20.2 Å². The Hall–Kier alpha value is -4.11. The Morgan fingerprint density at radius 2 is 1.75 bits per heavy atom. The maximum Gasteiger partial charge on any atom is 0.490 e. The minimum atomic E-state index is -5.08. The van der Waals surface area contributed by atoms with Crippen molar-refractivity contribution in [3.05, 3.63) is 94.6 Å². The summed E-state index contributed by atoms with van der Waals surface area (Å²) in [5.41, 5.74) is -0.104. The Morgan fingerprint density at radius 3 is 2.30 bits per heavy atom. The van der Waals surface area contributed by atoms with E-state index >= 15 is 0 Å². The molecule has 0 aliphatic carbocycles. The molecular weight excluding hydrogens is 601 g/mol. The van der Waals surface area contributed by atoms with Gasteiger partial charge in [0.05, 0.1) is 17.9 Å². The van der Waals surface area contributed by atoms with E-state index in [1.165, 1.54) is 17.8 Å². The first-order chi connectivity index (χ1) is 20.7. The topological polar surface area (TPSA) is 105 Å². The Balaban J connectivity index is 0.000000566. The third-order valence-electron chi connectivity index (χ3n) is 7.52. The molecule has 0 saturated carbocycles. The molecule has 2 aromatic heterocycles. The number of aromatic nitrogens is 2. The molecule has 15 heteroatoms. The van der Waals surface area contributed by atoms with Gasteiger partial charge in [-0.25, -0.2) is 22.4 Å². The lowest BCUT2D eigenvalue weighted by Gasteiger charge is -2.39. The number of rotatable bonds is 6. The van der Waals surface area contributed by atoms with E-state index in [9.17, 15) is 35.5 Å². The maximum absolute atomic E-state index is 14.5. The van der Waals surface area contributed by atoms with Crippen LogP contribution in [0.25, 0.3) is 0 Å². The number of carboxylic acids is 1. The minimum absolute atomic E-state index is 0.173. The number of alkyl halides is 5. The minimum Gasteiger partial charge on any atom is -0.475 e. The summed E-state index contributed by atoms with van der Waals surface area (Å²) in [6, 6.07) is 7.49. The lowest BCUT2D eigenvalue weighted by atomic mass is 9.84. The fourth-order valence-electron chi connectivity index (χ4n) is 5.34. The number of carbonyl (C=O) groups is 2. The van der Waals surface area contributed by atoms with Crippen molar-refractivity contribution in [3.8, 4) is 0 Å². The predicted molar refractivity (Wildman–Crippen MR) is 140 cm³/mol. The standard InChI is InChI=1S/C27H26F4N4O2.C2HF3O2/c1-17(36)34-27(25(30)31,20-3-4-22(28)23(29)12-20)24-5-2-18(13-33-24)15-35-10-7-26(8-11-35)21-14-32-9-6-19(21)16-37-26;3-2(4,5)1(6)7/h2-6,9,12-14,25H,7-8,10-11,15-16H2,1H3,(H,34,36);(H,6,7)/t27-;/m0./s1. The predicted octanol–water partition coefficient (Wildman–Crippen LogP) is 5.05. The number of hydrogen-bond acceptors (Lipinski definition) is 6. The molecule has 8 nitrogen and oxygen atoms in total. The van der Waals surface area contributed by atoms with Gasteiger partial charge < -0.3 is 15.2 Å². The van der Waals surface area contributed by atoms with Gasteiger partial charge in [0.1, 0.15) is 0 Å². The van der Waals surface area contributed by atoms with Gasteiger partial charge in [0.25, 0.3) is 6.43 Å². The summed E-state index contributed by atoms with van der Waals surface area (Å²) in [6.45, 7) is 3.77. The molecule has 1 aromatic carbocycles. The van der Waals surface area contributed by atoms with Crippen LogP contribution in [-0.4, -0.2) is 57.5 Å². The van der Waals surface area contributed by atoms with E-state index in [2.05, 4.69) is 20.2 Å². The monoisotopic (exact) mass is 628 g/mol. The van der Waals surface area contributed by atoms with Crippen LogP contribution in [0.2, 0.25) is 0 Å². The van der Waals surface area contributed by atoms with E-state index in [4.69, 9.17) is 14.6 Å². The molecule has 2 aliphatic heterocycles. The molecule has 44 heavy (non-hydrogen) atoms. The number of hydrogen-bond donors (Lipinski definition) is 2. The smallest absolute Gasteiger partial charge is 0.475 e. The van der Waals surface area contributed by atoms with Crippen molar-refractivity contribution in [2.75, 3.05) is 13.1 Å². The van der Waals surface area contributed by atoms with Crippen LogP contribution in [0.1, 0.15) is 47.7 Å². The number of benzene rings is 1. The molecule has 1 fully saturated rings. The van der Waals surface area contributed by atoms with Crippen molar-refractivity contribution < 1.29 is 50.2 Å². The molecule has 4 heterocycles. The van der Waals surface area contributed by atoms with Gasteiger partial charge in [-0.15, -0.1) is 0 Å². The average Bonchev–Trinajstić information content (AvgIpc) is 3.32. The number of ether oxygens (including phenoxy) is 1. The van der Waals surface area contributed by atoms with Crippen LogP contribution >= 0.6 is 0 Å².